The highest BCUT2D eigenvalue weighted by Crippen LogP contribution is 2.56. The Morgan fingerprint density at radius 3 is 2.51 bits per heavy atom. The zero-order valence-electron chi connectivity index (χ0n) is 21.0. The Bertz CT molecular complexity index is 1240. The third kappa shape index (κ3) is 4.10. The van der Waals surface area contributed by atoms with Crippen molar-refractivity contribution >= 4 is 5.69 Å². The monoisotopic (exact) mass is 460 g/mol. The molecule has 2 heteroatoms. The van der Waals surface area contributed by atoms with E-state index in [0.717, 1.165) is 25.7 Å². The van der Waals surface area contributed by atoms with Crippen molar-refractivity contribution in [2.45, 2.75) is 58.4 Å². The number of rotatable bonds is 5. The molecule has 0 saturated carbocycles. The second-order valence-electron chi connectivity index (χ2n) is 10.9. The van der Waals surface area contributed by atoms with Gasteiger partial charge in [0.1, 0.15) is 0 Å². The first-order valence-electron chi connectivity index (χ1n) is 13.3. The van der Waals surface area contributed by atoms with Crippen LogP contribution < -0.4 is 10.2 Å². The van der Waals surface area contributed by atoms with Crippen LogP contribution in [0.4, 0.5) is 5.69 Å². The van der Waals surface area contributed by atoms with Gasteiger partial charge in [0, 0.05) is 22.8 Å². The first kappa shape index (κ1) is 22.2. The van der Waals surface area contributed by atoms with Crippen LogP contribution in [0.3, 0.4) is 0 Å². The van der Waals surface area contributed by atoms with Crippen molar-refractivity contribution in [3.8, 4) is 0 Å². The lowest BCUT2D eigenvalue weighted by molar-refractivity contribution is 0.313. The summed E-state index contributed by atoms with van der Waals surface area (Å²) < 4.78 is 0. The van der Waals surface area contributed by atoms with E-state index in [1.165, 1.54) is 41.2 Å². The van der Waals surface area contributed by atoms with Crippen LogP contribution in [0.2, 0.25) is 0 Å². The molecule has 0 bridgehead atoms. The molecule has 2 unspecified atom stereocenters. The molecule has 35 heavy (non-hydrogen) atoms. The summed E-state index contributed by atoms with van der Waals surface area (Å²) >= 11 is 0. The average molecular weight is 461 g/mol. The molecule has 0 saturated heterocycles. The number of allylic oxidation sites excluding steroid dienone is 14. The number of hydrogen-bond donors (Lipinski definition) is 1. The highest BCUT2D eigenvalue weighted by Gasteiger charge is 2.45. The van der Waals surface area contributed by atoms with E-state index in [0.29, 0.717) is 12.0 Å². The molecule has 6 rings (SSSR count). The summed E-state index contributed by atoms with van der Waals surface area (Å²) in [6.45, 7) is 4.91. The van der Waals surface area contributed by atoms with Gasteiger partial charge in [-0.05, 0) is 91.4 Å². The lowest BCUT2D eigenvalue weighted by Crippen LogP contribution is -2.34. The molecule has 0 aromatic heterocycles. The first-order valence-corrected chi connectivity index (χ1v) is 13.3. The number of hydrogen-bond acceptors (Lipinski definition) is 2. The Balaban J connectivity index is 1.21. The predicted molar refractivity (Wildman–Crippen MR) is 148 cm³/mol. The van der Waals surface area contributed by atoms with E-state index in [-0.39, 0.29) is 5.41 Å². The van der Waals surface area contributed by atoms with Crippen LogP contribution in [-0.2, 0) is 0 Å². The number of fused-ring (bicyclic) bond motifs is 2. The zero-order valence-corrected chi connectivity index (χ0v) is 21.0. The fraction of sp³-hybridized carbons (Fsp3) is 0.333. The van der Waals surface area contributed by atoms with Gasteiger partial charge in [0.25, 0.3) is 0 Å². The number of anilines is 1. The molecule has 0 amide bonds. The Morgan fingerprint density at radius 1 is 0.886 bits per heavy atom. The number of para-hydroxylation sites is 1. The molecule has 5 aliphatic rings. The lowest BCUT2D eigenvalue weighted by Gasteiger charge is -2.36. The molecule has 0 aliphatic heterocycles. The van der Waals surface area contributed by atoms with Crippen molar-refractivity contribution in [1.82, 2.24) is 5.32 Å². The zero-order chi connectivity index (χ0) is 23.8. The van der Waals surface area contributed by atoms with E-state index in [9.17, 15) is 0 Å². The minimum Gasteiger partial charge on any atom is -0.362 e. The minimum absolute atomic E-state index is 0.249. The van der Waals surface area contributed by atoms with Crippen LogP contribution in [0.5, 0.6) is 0 Å². The standard InChI is InChI=1S/C33H36N2/c1-33(2)31-16-10-9-15-29(31)30-22-19-25(23-32(30)33)34-24-17-20-28(21-18-24)35(26-11-5-3-6-12-26)27-13-7-4-8-14-27/h3-9,11-13,15,17,19-20,22,27,32,34H,10,14,16,18,21,23H2,1-2H3. The predicted octanol–water partition coefficient (Wildman–Crippen LogP) is 8.05. The second kappa shape index (κ2) is 9.07. The largest absolute Gasteiger partial charge is 0.362 e. The van der Waals surface area contributed by atoms with Crippen LogP contribution in [-0.4, -0.2) is 6.04 Å². The fourth-order valence-electron chi connectivity index (χ4n) is 6.59. The number of nitrogens with zero attached hydrogens (tertiary/aromatic N) is 1. The minimum atomic E-state index is 0.249. The van der Waals surface area contributed by atoms with Gasteiger partial charge in [-0.15, -0.1) is 0 Å². The van der Waals surface area contributed by atoms with Crippen LogP contribution in [0.15, 0.2) is 125 Å². The second-order valence-corrected chi connectivity index (χ2v) is 10.9. The summed E-state index contributed by atoms with van der Waals surface area (Å²) in [5, 5.41) is 3.82. The molecule has 1 N–H and O–H groups in total. The summed E-state index contributed by atoms with van der Waals surface area (Å²) in [7, 11) is 0. The van der Waals surface area contributed by atoms with E-state index in [2.05, 4.69) is 115 Å². The molecule has 2 atom stereocenters. The van der Waals surface area contributed by atoms with E-state index in [1.807, 2.05) is 0 Å². The molecule has 0 spiro atoms. The van der Waals surface area contributed by atoms with E-state index < -0.39 is 0 Å². The first-order chi connectivity index (χ1) is 17.1. The average Bonchev–Trinajstić information content (AvgIpc) is 3.13. The van der Waals surface area contributed by atoms with Crippen molar-refractivity contribution in [2.75, 3.05) is 4.90 Å². The van der Waals surface area contributed by atoms with Crippen LogP contribution in [0.1, 0.15) is 52.4 Å². The normalized spacial score (nSPS) is 26.3. The summed E-state index contributed by atoms with van der Waals surface area (Å²) in [5.41, 5.74) is 10.4. The number of benzene rings is 1. The van der Waals surface area contributed by atoms with E-state index in [1.54, 1.807) is 11.1 Å². The molecule has 1 aromatic rings. The van der Waals surface area contributed by atoms with Crippen molar-refractivity contribution in [3.05, 3.63) is 125 Å². The van der Waals surface area contributed by atoms with Crippen molar-refractivity contribution in [2.24, 2.45) is 11.3 Å². The van der Waals surface area contributed by atoms with Gasteiger partial charge in [0.05, 0.1) is 6.04 Å². The topological polar surface area (TPSA) is 15.3 Å². The smallest absolute Gasteiger partial charge is 0.0556 e. The van der Waals surface area contributed by atoms with E-state index in [4.69, 9.17) is 0 Å². The summed E-state index contributed by atoms with van der Waals surface area (Å²) in [6, 6.07) is 11.2. The Morgan fingerprint density at radius 2 is 1.74 bits per heavy atom. The number of nitrogens with one attached hydrogen (secondary N) is 1. The van der Waals surface area contributed by atoms with Gasteiger partial charge in [-0.3, -0.25) is 0 Å². The SMILES string of the molecule is CC1(C)C2=C(C=CCC2)C2=CC=C(NC3=CC=C(N(c4ccccc4)C4C=CC=CC4)CC3)CC21. The van der Waals surface area contributed by atoms with Crippen LogP contribution in [0.25, 0.3) is 0 Å². The van der Waals surface area contributed by atoms with Crippen molar-refractivity contribution < 1.29 is 0 Å². The molecule has 0 fully saturated rings. The molecule has 178 valence electrons. The third-order valence-corrected chi connectivity index (χ3v) is 8.48. The van der Waals surface area contributed by atoms with Gasteiger partial charge >= 0.3 is 0 Å². The Labute approximate surface area is 210 Å². The molecule has 0 heterocycles. The molecular weight excluding hydrogens is 424 g/mol. The van der Waals surface area contributed by atoms with E-state index >= 15 is 0 Å². The summed E-state index contributed by atoms with van der Waals surface area (Å²) in [5.74, 6) is 0.581. The van der Waals surface area contributed by atoms with Gasteiger partial charge in [-0.25, -0.2) is 0 Å². The van der Waals surface area contributed by atoms with Gasteiger partial charge in [0.2, 0.25) is 0 Å². The highest BCUT2D eigenvalue weighted by atomic mass is 15.2. The molecule has 2 nitrogen and oxygen atoms in total. The highest BCUT2D eigenvalue weighted by molar-refractivity contribution is 5.58. The molecule has 5 aliphatic carbocycles. The van der Waals surface area contributed by atoms with Crippen LogP contribution >= 0.6 is 0 Å². The quantitative estimate of drug-likeness (QED) is 0.478. The van der Waals surface area contributed by atoms with Gasteiger partial charge in [-0.2, -0.15) is 0 Å². The maximum Gasteiger partial charge on any atom is 0.0556 e. The van der Waals surface area contributed by atoms with Gasteiger partial charge in [-0.1, -0.05) is 80.2 Å². The molecule has 0 radical (unpaired) electrons. The van der Waals surface area contributed by atoms with Gasteiger partial charge in [0.15, 0.2) is 0 Å². The Hall–Kier alpha value is -3.26. The molecule has 1 aromatic carbocycles. The van der Waals surface area contributed by atoms with Crippen LogP contribution in [0, 0.1) is 11.3 Å². The Kier molecular flexibility index (Phi) is 5.76. The van der Waals surface area contributed by atoms with Gasteiger partial charge < -0.3 is 10.2 Å². The summed E-state index contributed by atoms with van der Waals surface area (Å²) in [6.07, 6.45) is 29.7. The fourth-order valence-corrected chi connectivity index (χ4v) is 6.59. The maximum atomic E-state index is 3.82. The van der Waals surface area contributed by atoms with Crippen molar-refractivity contribution in [3.63, 3.8) is 0 Å². The summed E-state index contributed by atoms with van der Waals surface area (Å²) in [4.78, 5) is 2.52. The van der Waals surface area contributed by atoms with Crippen molar-refractivity contribution in [1.29, 1.82) is 0 Å². The third-order valence-electron chi connectivity index (χ3n) is 8.48. The molecular formula is C33H36N2. The lowest BCUT2D eigenvalue weighted by atomic mass is 9.72. The maximum absolute atomic E-state index is 3.82.